The molecule has 6 rings (SSSR count). The molecule has 0 amide bonds. The molecule has 0 spiro atoms. The number of nitrogens with one attached hydrogen (secondary N) is 1. The number of nitrogens with zero attached hydrogens (tertiary/aromatic N) is 3. The fourth-order valence-corrected chi connectivity index (χ4v) is 7.49. The number of benzene rings is 2. The molecule has 1 unspecified atom stereocenters. The molecule has 14 nitrogen and oxygen atoms in total. The quantitative estimate of drug-likeness (QED) is 0.119. The zero-order chi connectivity index (χ0) is 36.4. The van der Waals surface area contributed by atoms with E-state index >= 15 is 4.39 Å². The zero-order valence-electron chi connectivity index (χ0n) is 29.1. The number of anilines is 1. The van der Waals surface area contributed by atoms with Gasteiger partial charge in [-0.1, -0.05) is 48.5 Å². The van der Waals surface area contributed by atoms with Crippen LogP contribution in [0.5, 0.6) is 5.75 Å². The maximum Gasteiger partial charge on any atom is 0.459 e. The van der Waals surface area contributed by atoms with Crippen LogP contribution in [0, 0.1) is 0 Å². The minimum atomic E-state index is -4.44. The number of nitrogens with two attached hydrogens (primary N) is 1. The first kappa shape index (κ1) is 36.8. The van der Waals surface area contributed by atoms with E-state index in [4.69, 9.17) is 38.5 Å². The predicted molar refractivity (Wildman–Crippen MR) is 183 cm³/mol. The second-order valence-corrected chi connectivity index (χ2v) is 15.3. The Morgan fingerprint density at radius 3 is 2.49 bits per heavy atom. The Bertz CT molecular complexity index is 1860. The van der Waals surface area contributed by atoms with E-state index in [1.165, 1.54) is 13.3 Å². The first-order chi connectivity index (χ1) is 24.2. The number of alkyl halides is 1. The van der Waals surface area contributed by atoms with Gasteiger partial charge < -0.3 is 33.9 Å². The molecular weight excluding hydrogens is 684 g/mol. The number of para-hydroxylation sites is 1. The van der Waals surface area contributed by atoms with Crippen LogP contribution in [0.4, 0.5) is 10.2 Å². The summed E-state index contributed by atoms with van der Waals surface area (Å²) in [5.41, 5.74) is 5.42. The minimum absolute atomic E-state index is 0.0865. The number of aromatic nitrogens is 3. The van der Waals surface area contributed by atoms with Gasteiger partial charge in [-0.2, -0.15) is 10.2 Å². The highest BCUT2D eigenvalue weighted by Gasteiger charge is 2.64. The number of fused-ring (bicyclic) bond motifs is 2. The largest absolute Gasteiger partial charge is 0.461 e. The summed E-state index contributed by atoms with van der Waals surface area (Å²) in [6.45, 7) is 6.96. The first-order valence-electron chi connectivity index (χ1n) is 16.5. The molecule has 3 N–H and O–H groups in total. The van der Waals surface area contributed by atoms with E-state index in [1.54, 1.807) is 74.7 Å². The van der Waals surface area contributed by atoms with Crippen molar-refractivity contribution in [2.24, 2.45) is 0 Å². The fourth-order valence-electron chi connectivity index (χ4n) is 5.94. The lowest BCUT2D eigenvalue weighted by Crippen LogP contribution is -2.49. The lowest BCUT2D eigenvalue weighted by Gasteiger charge is -2.33. The summed E-state index contributed by atoms with van der Waals surface area (Å²) < 4.78 is 73.5. The van der Waals surface area contributed by atoms with E-state index in [-0.39, 0.29) is 18.2 Å². The average Bonchev–Trinajstić information content (AvgIpc) is 3.77. The summed E-state index contributed by atoms with van der Waals surface area (Å²) in [7, 11) is -4.44. The van der Waals surface area contributed by atoms with Gasteiger partial charge in [0.05, 0.1) is 24.5 Å². The smallest absolute Gasteiger partial charge is 0.459 e. The first-order valence-corrected chi connectivity index (χ1v) is 18.1. The molecular formula is C35H43FN5O9P. The number of esters is 1. The molecule has 0 radical (unpaired) electrons. The topological polar surface area (TPSA) is 167 Å². The van der Waals surface area contributed by atoms with Crippen molar-refractivity contribution in [3.8, 4) is 5.75 Å². The van der Waals surface area contributed by atoms with Crippen molar-refractivity contribution in [2.75, 3.05) is 25.6 Å². The van der Waals surface area contributed by atoms with Gasteiger partial charge in [-0.15, -0.1) is 0 Å². The molecule has 4 aromatic rings. The van der Waals surface area contributed by atoms with Crippen molar-refractivity contribution in [3.05, 3.63) is 90.4 Å². The Hall–Kier alpha value is -3.95. The van der Waals surface area contributed by atoms with Crippen molar-refractivity contribution in [1.82, 2.24) is 19.7 Å². The maximum absolute atomic E-state index is 15.4. The number of hydrogen-bond donors (Lipinski definition) is 2. The van der Waals surface area contributed by atoms with Crippen molar-refractivity contribution in [3.63, 3.8) is 0 Å². The number of carbonyl (C=O) groups is 1. The van der Waals surface area contributed by atoms with E-state index in [9.17, 15) is 9.36 Å². The van der Waals surface area contributed by atoms with Crippen molar-refractivity contribution < 1.29 is 46.5 Å². The molecule has 274 valence electrons. The molecule has 0 saturated carbocycles. The molecule has 16 heteroatoms. The average molecular weight is 728 g/mol. The minimum Gasteiger partial charge on any atom is -0.461 e. The summed E-state index contributed by atoms with van der Waals surface area (Å²) in [5.74, 6) is -1.42. The van der Waals surface area contributed by atoms with Crippen LogP contribution < -0.4 is 15.3 Å². The molecule has 0 bridgehead atoms. The zero-order valence-corrected chi connectivity index (χ0v) is 30.0. The molecule has 6 atom stereocenters. The van der Waals surface area contributed by atoms with Gasteiger partial charge in [0, 0.05) is 0 Å². The molecule has 2 aromatic heterocycles. The molecule has 2 fully saturated rings. The predicted octanol–water partition coefficient (Wildman–Crippen LogP) is 5.33. The van der Waals surface area contributed by atoms with Crippen LogP contribution in [0.25, 0.3) is 5.52 Å². The number of carbonyl (C=O) groups excluding carboxylic acids is 1. The normalized spacial score (nSPS) is 24.5. The summed E-state index contributed by atoms with van der Waals surface area (Å²) in [6.07, 6.45) is -1.40. The monoisotopic (exact) mass is 727 g/mol. The highest BCUT2D eigenvalue weighted by Crippen LogP contribution is 2.53. The van der Waals surface area contributed by atoms with Gasteiger partial charge in [0.25, 0.3) is 0 Å². The van der Waals surface area contributed by atoms with Crippen LogP contribution in [-0.4, -0.2) is 75.7 Å². The van der Waals surface area contributed by atoms with Gasteiger partial charge in [0.15, 0.2) is 11.6 Å². The lowest BCUT2D eigenvalue weighted by molar-refractivity contribution is -0.219. The highest BCUT2D eigenvalue weighted by molar-refractivity contribution is 7.52. The molecule has 4 heterocycles. The van der Waals surface area contributed by atoms with Crippen LogP contribution >= 0.6 is 7.75 Å². The third-order valence-electron chi connectivity index (χ3n) is 8.52. The summed E-state index contributed by atoms with van der Waals surface area (Å²) in [6, 6.07) is 20.1. The Kier molecular flexibility index (Phi) is 10.5. The lowest BCUT2D eigenvalue weighted by atomic mass is 9.96. The Balaban J connectivity index is 1.19. The van der Waals surface area contributed by atoms with Crippen LogP contribution in [0.1, 0.15) is 52.0 Å². The van der Waals surface area contributed by atoms with E-state index in [1.807, 2.05) is 30.3 Å². The summed E-state index contributed by atoms with van der Waals surface area (Å²) in [5, 5.41) is 6.96. The number of ether oxygens (including phenoxy) is 5. The Labute approximate surface area is 295 Å². The standard InChI is InChI=1S/C35H43FN5O9P/c1-23(32(42)44-20-33(2,3)45-18-24-12-8-6-9-13-24)40-51(43,50-25-14-10-7-11-15-25)46-21-35(19-36)30-29(47-34(4,5)49-30)28(48-35)26-16-17-27-31(37)38-22-39-41(26)27/h6-17,22-23,28-30H,18-21H2,1-5H3,(H,40,43)(H2,37,38,39)/t23-,28-,29-,30-,35+,51?/m0/s1. The number of halogens is 1. The molecule has 2 aliphatic heterocycles. The number of rotatable bonds is 15. The van der Waals surface area contributed by atoms with E-state index in [2.05, 4.69) is 15.2 Å². The maximum atomic E-state index is 15.4. The highest BCUT2D eigenvalue weighted by atomic mass is 31.2. The van der Waals surface area contributed by atoms with Gasteiger partial charge in [0.2, 0.25) is 0 Å². The fraction of sp³-hybridized carbons (Fsp3) is 0.457. The van der Waals surface area contributed by atoms with Crippen LogP contribution in [0.2, 0.25) is 0 Å². The van der Waals surface area contributed by atoms with Crippen LogP contribution in [0.3, 0.4) is 0 Å². The molecule has 2 aromatic carbocycles. The Morgan fingerprint density at radius 2 is 1.78 bits per heavy atom. The van der Waals surface area contributed by atoms with Gasteiger partial charge in [-0.05, 0) is 64.4 Å². The number of nitrogen functional groups attached to an aromatic ring is 1. The summed E-state index contributed by atoms with van der Waals surface area (Å²) >= 11 is 0. The third kappa shape index (κ3) is 8.25. The molecule has 51 heavy (non-hydrogen) atoms. The van der Waals surface area contributed by atoms with E-state index < -0.39 is 68.3 Å². The molecule has 0 aliphatic carbocycles. The van der Waals surface area contributed by atoms with Gasteiger partial charge in [-0.3, -0.25) is 9.32 Å². The third-order valence-corrected chi connectivity index (χ3v) is 10.1. The Morgan fingerprint density at radius 1 is 1.08 bits per heavy atom. The van der Waals surface area contributed by atoms with Gasteiger partial charge >= 0.3 is 13.7 Å². The number of hydrogen-bond acceptors (Lipinski definition) is 12. The molecule has 2 saturated heterocycles. The van der Waals surface area contributed by atoms with E-state index in [0.29, 0.717) is 17.8 Å². The SMILES string of the molecule is C[C@H](NP(=O)(OC[C@@]1(CF)O[C@@H](c2ccc3c(N)ncnn23)[C@@H]2OC(C)(C)O[C@@H]21)Oc1ccccc1)C(=O)OCC(C)(C)OCc1ccccc1. The van der Waals surface area contributed by atoms with E-state index in [0.717, 1.165) is 5.56 Å². The van der Waals surface area contributed by atoms with Crippen molar-refractivity contribution in [2.45, 2.75) is 82.6 Å². The second-order valence-electron chi connectivity index (χ2n) is 13.6. The van der Waals surface area contributed by atoms with Gasteiger partial charge in [-0.25, -0.2) is 18.5 Å². The van der Waals surface area contributed by atoms with Crippen LogP contribution in [-0.2, 0) is 44.2 Å². The second kappa shape index (κ2) is 14.6. The van der Waals surface area contributed by atoms with Crippen molar-refractivity contribution in [1.29, 1.82) is 0 Å². The summed E-state index contributed by atoms with van der Waals surface area (Å²) in [4.78, 5) is 17.2. The van der Waals surface area contributed by atoms with Crippen molar-refractivity contribution >= 4 is 25.1 Å². The van der Waals surface area contributed by atoms with Gasteiger partial charge in [0.1, 0.15) is 60.8 Å². The molecule has 2 aliphatic rings. The van der Waals surface area contributed by atoms with Crippen LogP contribution in [0.15, 0.2) is 79.1 Å².